The molecule has 0 bridgehead atoms. The van der Waals surface area contributed by atoms with Crippen LogP contribution in [0, 0.1) is 0 Å². The Morgan fingerprint density at radius 1 is 1.75 bits per heavy atom. The van der Waals surface area contributed by atoms with Gasteiger partial charge in [-0.15, -0.1) is 0 Å². The lowest BCUT2D eigenvalue weighted by Crippen LogP contribution is -1.76. The fourth-order valence-electron chi connectivity index (χ4n) is 0.139. The maximum absolute atomic E-state index is 7.57. The number of aliphatic hydroxyl groups excluding tert-OH is 1. The Labute approximate surface area is 57.3 Å². The van der Waals surface area contributed by atoms with Crippen LogP contribution in [0.25, 0.3) is 0 Å². The first kappa shape index (κ1) is 8.20. The predicted octanol–water partition coefficient (Wildman–Crippen LogP) is 1.36. The maximum atomic E-state index is 7.57. The van der Waals surface area contributed by atoms with Crippen molar-refractivity contribution in [2.45, 2.75) is 6.92 Å². The van der Waals surface area contributed by atoms with Gasteiger partial charge in [-0.05, 0) is 17.7 Å². The van der Waals surface area contributed by atoms with Crippen molar-refractivity contribution in [3.63, 3.8) is 0 Å². The van der Waals surface area contributed by atoms with Crippen molar-refractivity contribution in [1.82, 2.24) is 4.72 Å². The molecule has 1 aliphatic heterocycles. The minimum atomic E-state index is 0.250. The summed E-state index contributed by atoms with van der Waals surface area (Å²) in [4.78, 5) is 0. The smallest absolute Gasteiger partial charge is 0.0402 e. The van der Waals surface area contributed by atoms with Gasteiger partial charge in [-0.1, -0.05) is 0 Å². The number of rotatable bonds is 0. The van der Waals surface area contributed by atoms with Gasteiger partial charge in [-0.25, -0.2) is 0 Å². The van der Waals surface area contributed by atoms with Crippen LogP contribution in [0.3, 0.4) is 0 Å². The van der Waals surface area contributed by atoms with E-state index in [-0.39, 0.29) is 6.61 Å². The molecule has 1 heterocycles. The van der Waals surface area contributed by atoms with Crippen LogP contribution in [0.1, 0.15) is 6.92 Å². The fraction of sp³-hybridized carbons (Fsp3) is 0.500. The summed E-state index contributed by atoms with van der Waals surface area (Å²) in [7, 11) is 3.33. The van der Waals surface area contributed by atoms with E-state index in [1.807, 2.05) is 11.6 Å². The molecule has 0 aromatic rings. The Hall–Kier alpha value is 0.200. The molecule has 0 saturated heterocycles. The molecule has 0 fully saturated rings. The zero-order valence-electron chi connectivity index (χ0n) is 4.63. The molecule has 1 rings (SSSR count). The third-order valence-electron chi connectivity index (χ3n) is 0.288. The van der Waals surface area contributed by atoms with Gasteiger partial charge in [-0.3, -0.25) is 0 Å². The van der Waals surface area contributed by atoms with E-state index in [0.717, 1.165) is 0 Å². The zero-order valence-corrected chi connectivity index (χ0v) is 6.26. The molecule has 0 unspecified atom stereocenters. The highest BCUT2D eigenvalue weighted by Gasteiger charge is 1.83. The van der Waals surface area contributed by atoms with E-state index in [4.69, 9.17) is 5.11 Å². The van der Waals surface area contributed by atoms with Gasteiger partial charge in [0.15, 0.2) is 0 Å². The van der Waals surface area contributed by atoms with Crippen molar-refractivity contribution >= 4 is 21.8 Å². The highest BCUT2D eigenvalue weighted by Crippen LogP contribution is 2.22. The summed E-state index contributed by atoms with van der Waals surface area (Å²) in [5.41, 5.74) is 0. The molecule has 0 aliphatic carbocycles. The first-order valence-electron chi connectivity index (χ1n) is 2.25. The van der Waals surface area contributed by atoms with Crippen LogP contribution in [-0.2, 0) is 0 Å². The quantitative estimate of drug-likeness (QED) is 0.404. The molecule has 0 aromatic carbocycles. The van der Waals surface area contributed by atoms with Crippen molar-refractivity contribution in [2.75, 3.05) is 6.61 Å². The summed E-state index contributed by atoms with van der Waals surface area (Å²) in [6, 6.07) is 0. The van der Waals surface area contributed by atoms with Crippen LogP contribution in [0.15, 0.2) is 11.6 Å². The van der Waals surface area contributed by atoms with Crippen LogP contribution in [-0.4, -0.2) is 11.7 Å². The fourth-order valence-corrected chi connectivity index (χ4v) is 1.25. The molecular formula is C4H9NOS2. The van der Waals surface area contributed by atoms with E-state index in [1.165, 1.54) is 0 Å². The summed E-state index contributed by atoms with van der Waals surface area (Å²) in [5, 5.41) is 9.57. The van der Waals surface area contributed by atoms with Gasteiger partial charge in [0, 0.05) is 29.2 Å². The van der Waals surface area contributed by atoms with Crippen LogP contribution < -0.4 is 4.72 Å². The molecule has 2 nitrogen and oxygen atoms in total. The van der Waals surface area contributed by atoms with Crippen molar-refractivity contribution < 1.29 is 5.11 Å². The minimum absolute atomic E-state index is 0.250. The molecule has 0 amide bonds. The second-order valence-electron chi connectivity index (χ2n) is 0.916. The topological polar surface area (TPSA) is 32.3 Å². The highest BCUT2D eigenvalue weighted by molar-refractivity contribution is 8.77. The van der Waals surface area contributed by atoms with Crippen molar-refractivity contribution in [3.8, 4) is 0 Å². The van der Waals surface area contributed by atoms with Gasteiger partial charge in [-0.2, -0.15) is 0 Å². The minimum Gasteiger partial charge on any atom is -0.397 e. The van der Waals surface area contributed by atoms with Crippen molar-refractivity contribution in [3.05, 3.63) is 11.6 Å². The largest absolute Gasteiger partial charge is 0.397 e. The Morgan fingerprint density at radius 2 is 2.38 bits per heavy atom. The lowest BCUT2D eigenvalue weighted by molar-refractivity contribution is 0.318. The summed E-state index contributed by atoms with van der Waals surface area (Å²) in [6.07, 6.45) is 1.91. The van der Waals surface area contributed by atoms with Crippen molar-refractivity contribution in [2.24, 2.45) is 0 Å². The summed E-state index contributed by atoms with van der Waals surface area (Å²) in [6.45, 7) is 1.93. The second kappa shape index (κ2) is 7.20. The van der Waals surface area contributed by atoms with Crippen LogP contribution >= 0.6 is 21.8 Å². The zero-order chi connectivity index (χ0) is 6.24. The number of nitrogens with one attached hydrogen (secondary N) is 1. The molecule has 8 heavy (non-hydrogen) atoms. The first-order chi connectivity index (χ1) is 3.91. The molecule has 0 saturated carbocycles. The van der Waals surface area contributed by atoms with Gasteiger partial charge < -0.3 is 9.83 Å². The monoisotopic (exact) mass is 151 g/mol. The standard InChI is InChI=1S/C2H3NS2.C2H6O/c1-2-4-5-3-1;1-2-3/h1-3H;3H,2H2,1H3. The maximum Gasteiger partial charge on any atom is 0.0402 e. The molecule has 1 aliphatic rings. The number of aliphatic hydroxyl groups is 1. The van der Waals surface area contributed by atoms with Gasteiger partial charge in [0.2, 0.25) is 0 Å². The van der Waals surface area contributed by atoms with E-state index in [1.54, 1.807) is 28.7 Å². The van der Waals surface area contributed by atoms with Gasteiger partial charge in [0.25, 0.3) is 0 Å². The molecule has 4 heteroatoms. The summed E-state index contributed by atoms with van der Waals surface area (Å²) < 4.78 is 2.92. The van der Waals surface area contributed by atoms with E-state index >= 15 is 0 Å². The Kier molecular flexibility index (Phi) is 7.38. The first-order valence-corrected chi connectivity index (χ1v) is 4.46. The molecule has 0 atom stereocenters. The average molecular weight is 151 g/mol. The van der Waals surface area contributed by atoms with E-state index in [2.05, 4.69) is 4.72 Å². The third kappa shape index (κ3) is 6.20. The SMILES string of the molecule is C1=CSSN1.CCO. The van der Waals surface area contributed by atoms with Crippen LogP contribution in [0.4, 0.5) is 0 Å². The molecule has 48 valence electrons. The third-order valence-corrected chi connectivity index (χ3v) is 1.77. The van der Waals surface area contributed by atoms with Crippen molar-refractivity contribution in [1.29, 1.82) is 0 Å². The van der Waals surface area contributed by atoms with Gasteiger partial charge in [0.1, 0.15) is 0 Å². The van der Waals surface area contributed by atoms with E-state index in [0.29, 0.717) is 0 Å². The second-order valence-corrected chi connectivity index (χ2v) is 2.86. The Balaban J connectivity index is 0.000000145. The van der Waals surface area contributed by atoms with Gasteiger partial charge >= 0.3 is 0 Å². The lowest BCUT2D eigenvalue weighted by Gasteiger charge is -1.75. The summed E-state index contributed by atoms with van der Waals surface area (Å²) in [5.74, 6) is 0. The normalized spacial score (nSPS) is 14.2. The highest BCUT2D eigenvalue weighted by atomic mass is 33.1. The van der Waals surface area contributed by atoms with E-state index < -0.39 is 0 Å². The molecular weight excluding hydrogens is 142 g/mol. The molecule has 0 spiro atoms. The average Bonchev–Trinajstić information content (AvgIpc) is 2.17. The van der Waals surface area contributed by atoms with Crippen LogP contribution in [0.5, 0.6) is 0 Å². The summed E-state index contributed by atoms with van der Waals surface area (Å²) >= 11 is 0. The number of hydrogen-bond donors (Lipinski definition) is 2. The number of hydrogen-bond acceptors (Lipinski definition) is 4. The van der Waals surface area contributed by atoms with Crippen LogP contribution in [0.2, 0.25) is 0 Å². The Bertz CT molecular complexity index is 61.1. The molecule has 2 N–H and O–H groups in total. The van der Waals surface area contributed by atoms with Gasteiger partial charge in [0.05, 0.1) is 0 Å². The molecule has 0 radical (unpaired) electrons. The van der Waals surface area contributed by atoms with E-state index in [9.17, 15) is 0 Å². The Morgan fingerprint density at radius 3 is 2.50 bits per heavy atom. The predicted molar refractivity (Wildman–Crippen MR) is 40.2 cm³/mol. The molecule has 0 aromatic heterocycles. The lowest BCUT2D eigenvalue weighted by atomic mass is 10.9.